The topological polar surface area (TPSA) is 87.9 Å². The minimum absolute atomic E-state index is 0.297. The summed E-state index contributed by atoms with van der Waals surface area (Å²) in [6.45, 7) is 4.67. The van der Waals surface area contributed by atoms with Crippen molar-refractivity contribution in [1.82, 2.24) is 14.9 Å². The van der Waals surface area contributed by atoms with Crippen LogP contribution in [0.5, 0.6) is 6.01 Å². The van der Waals surface area contributed by atoms with Crippen molar-refractivity contribution in [3.63, 3.8) is 0 Å². The van der Waals surface area contributed by atoms with Crippen molar-refractivity contribution < 1.29 is 19.7 Å². The van der Waals surface area contributed by atoms with Gasteiger partial charge in [0.05, 0.1) is 18.7 Å². The van der Waals surface area contributed by atoms with Crippen LogP contribution in [0, 0.1) is 0 Å². The van der Waals surface area contributed by atoms with Gasteiger partial charge < -0.3 is 19.7 Å². The smallest absolute Gasteiger partial charge is 0.316 e. The van der Waals surface area contributed by atoms with Crippen LogP contribution in [-0.2, 0) is 4.74 Å². The summed E-state index contributed by atoms with van der Waals surface area (Å²) in [4.78, 5) is 10.7. The summed E-state index contributed by atoms with van der Waals surface area (Å²) in [5, 5.41) is 19.2. The Morgan fingerprint density at radius 3 is 2.86 bits per heavy atom. The largest absolute Gasteiger partial charge is 0.462 e. The molecule has 3 rings (SSSR count). The standard InChI is InChI=1S/C15H19N3O4/c19-14(20)11-1-2-12-10-16-15(17-13(12)9-11)22-8-5-18-3-6-21-7-4-18/h1-2,9-10,14,19-20H,3-8H2. The Kier molecular flexibility index (Phi) is 4.79. The second-order valence-electron chi connectivity index (χ2n) is 5.15. The molecule has 7 heteroatoms. The zero-order chi connectivity index (χ0) is 15.4. The molecule has 1 aliphatic rings. The Morgan fingerprint density at radius 1 is 1.27 bits per heavy atom. The zero-order valence-corrected chi connectivity index (χ0v) is 12.2. The first-order valence-corrected chi connectivity index (χ1v) is 7.28. The van der Waals surface area contributed by atoms with E-state index in [0.717, 1.165) is 38.2 Å². The molecule has 1 aromatic heterocycles. The van der Waals surface area contributed by atoms with Gasteiger partial charge in [-0.3, -0.25) is 4.90 Å². The van der Waals surface area contributed by atoms with Crippen molar-refractivity contribution in [3.8, 4) is 6.01 Å². The molecule has 2 heterocycles. The lowest BCUT2D eigenvalue weighted by molar-refractivity contribution is -0.0424. The third kappa shape index (κ3) is 3.69. The van der Waals surface area contributed by atoms with Gasteiger partial charge in [0.15, 0.2) is 6.29 Å². The molecule has 1 saturated heterocycles. The van der Waals surface area contributed by atoms with Gasteiger partial charge in [0.1, 0.15) is 6.61 Å². The molecule has 0 unspecified atom stereocenters. The number of nitrogens with zero attached hydrogens (tertiary/aromatic N) is 3. The van der Waals surface area contributed by atoms with Gasteiger partial charge in [-0.1, -0.05) is 12.1 Å². The highest BCUT2D eigenvalue weighted by Gasteiger charge is 2.11. The Hall–Kier alpha value is -1.80. The predicted octanol–water partition coefficient (Wildman–Crippen LogP) is 0.324. The molecule has 0 amide bonds. The number of hydrogen-bond donors (Lipinski definition) is 2. The summed E-state index contributed by atoms with van der Waals surface area (Å²) in [5.41, 5.74) is 1.02. The van der Waals surface area contributed by atoms with Gasteiger partial charge in [-0.25, -0.2) is 4.98 Å². The first-order chi connectivity index (χ1) is 10.7. The number of aliphatic hydroxyl groups excluding tert-OH is 1. The van der Waals surface area contributed by atoms with Crippen LogP contribution >= 0.6 is 0 Å². The van der Waals surface area contributed by atoms with Crippen molar-refractivity contribution in [2.45, 2.75) is 6.29 Å². The normalized spacial score (nSPS) is 16.3. The summed E-state index contributed by atoms with van der Waals surface area (Å²) in [6, 6.07) is 5.30. The molecule has 22 heavy (non-hydrogen) atoms. The average Bonchev–Trinajstić information content (AvgIpc) is 2.55. The fraction of sp³-hybridized carbons (Fsp3) is 0.467. The van der Waals surface area contributed by atoms with E-state index in [4.69, 9.17) is 9.47 Å². The molecule has 1 aromatic carbocycles. The number of hydrogen-bond acceptors (Lipinski definition) is 7. The molecule has 2 N–H and O–H groups in total. The maximum absolute atomic E-state index is 9.20. The van der Waals surface area contributed by atoms with Gasteiger partial charge in [0, 0.05) is 36.8 Å². The molecule has 1 aliphatic heterocycles. The van der Waals surface area contributed by atoms with Crippen LogP contribution in [-0.4, -0.2) is 64.5 Å². The van der Waals surface area contributed by atoms with E-state index in [-0.39, 0.29) is 0 Å². The third-order valence-electron chi connectivity index (χ3n) is 3.63. The Morgan fingerprint density at radius 2 is 2.09 bits per heavy atom. The van der Waals surface area contributed by atoms with Gasteiger partial charge in [-0.05, 0) is 6.07 Å². The van der Waals surface area contributed by atoms with Gasteiger partial charge in [-0.2, -0.15) is 4.98 Å². The number of morpholine rings is 1. The van der Waals surface area contributed by atoms with E-state index >= 15 is 0 Å². The molecule has 7 nitrogen and oxygen atoms in total. The van der Waals surface area contributed by atoms with E-state index in [9.17, 15) is 10.2 Å². The van der Waals surface area contributed by atoms with E-state index in [1.54, 1.807) is 24.4 Å². The Balaban J connectivity index is 1.63. The highest BCUT2D eigenvalue weighted by atomic mass is 16.5. The molecule has 0 radical (unpaired) electrons. The summed E-state index contributed by atoms with van der Waals surface area (Å²) in [6.07, 6.45) is 0.157. The molecule has 0 saturated carbocycles. The molecular formula is C15H19N3O4. The molecule has 0 bridgehead atoms. The lowest BCUT2D eigenvalue weighted by Crippen LogP contribution is -2.38. The molecule has 0 aliphatic carbocycles. The van der Waals surface area contributed by atoms with Gasteiger partial charge in [0.2, 0.25) is 0 Å². The third-order valence-corrected chi connectivity index (χ3v) is 3.63. The van der Waals surface area contributed by atoms with Crippen LogP contribution in [0.25, 0.3) is 10.9 Å². The predicted molar refractivity (Wildman–Crippen MR) is 79.5 cm³/mol. The van der Waals surface area contributed by atoms with Gasteiger partial charge >= 0.3 is 6.01 Å². The molecule has 1 fully saturated rings. The van der Waals surface area contributed by atoms with Crippen LogP contribution < -0.4 is 4.74 Å². The quantitative estimate of drug-likeness (QED) is 0.769. The SMILES string of the molecule is OC(O)c1ccc2cnc(OCCN3CCOCC3)nc2c1. The number of aromatic nitrogens is 2. The van der Waals surface area contributed by atoms with E-state index in [1.165, 1.54) is 0 Å². The highest BCUT2D eigenvalue weighted by Crippen LogP contribution is 2.19. The van der Waals surface area contributed by atoms with E-state index in [1.807, 2.05) is 0 Å². The van der Waals surface area contributed by atoms with Crippen LogP contribution in [0.3, 0.4) is 0 Å². The Labute approximate surface area is 128 Å². The lowest BCUT2D eigenvalue weighted by atomic mass is 10.1. The second-order valence-corrected chi connectivity index (χ2v) is 5.15. The minimum Gasteiger partial charge on any atom is -0.462 e. The fourth-order valence-corrected chi connectivity index (χ4v) is 2.34. The van der Waals surface area contributed by atoms with Crippen molar-refractivity contribution in [2.24, 2.45) is 0 Å². The van der Waals surface area contributed by atoms with Crippen LogP contribution in [0.1, 0.15) is 11.9 Å². The fourth-order valence-electron chi connectivity index (χ4n) is 2.34. The maximum atomic E-state index is 9.20. The number of ether oxygens (including phenoxy) is 2. The monoisotopic (exact) mass is 305 g/mol. The summed E-state index contributed by atoms with van der Waals surface area (Å²) < 4.78 is 10.9. The summed E-state index contributed by atoms with van der Waals surface area (Å²) in [5.74, 6) is 0. The Bertz CT molecular complexity index is 629. The van der Waals surface area contributed by atoms with Crippen LogP contribution in [0.4, 0.5) is 0 Å². The van der Waals surface area contributed by atoms with Crippen molar-refractivity contribution in [2.75, 3.05) is 39.5 Å². The van der Waals surface area contributed by atoms with Crippen LogP contribution in [0.2, 0.25) is 0 Å². The molecule has 118 valence electrons. The van der Waals surface area contributed by atoms with Gasteiger partial charge in [0.25, 0.3) is 0 Å². The van der Waals surface area contributed by atoms with E-state index in [2.05, 4.69) is 14.9 Å². The van der Waals surface area contributed by atoms with E-state index in [0.29, 0.717) is 23.7 Å². The molecule has 2 aromatic rings. The summed E-state index contributed by atoms with van der Waals surface area (Å²) >= 11 is 0. The van der Waals surface area contributed by atoms with Gasteiger partial charge in [-0.15, -0.1) is 0 Å². The van der Waals surface area contributed by atoms with E-state index < -0.39 is 6.29 Å². The van der Waals surface area contributed by atoms with Crippen LogP contribution in [0.15, 0.2) is 24.4 Å². The van der Waals surface area contributed by atoms with Crippen molar-refractivity contribution in [3.05, 3.63) is 30.0 Å². The first-order valence-electron chi connectivity index (χ1n) is 7.28. The lowest BCUT2D eigenvalue weighted by Gasteiger charge is -2.26. The maximum Gasteiger partial charge on any atom is 0.316 e. The van der Waals surface area contributed by atoms with Crippen molar-refractivity contribution >= 4 is 10.9 Å². The average molecular weight is 305 g/mol. The zero-order valence-electron chi connectivity index (χ0n) is 12.2. The first kappa shape index (κ1) is 15.1. The number of aliphatic hydroxyl groups is 2. The number of rotatable bonds is 5. The minimum atomic E-state index is -1.51. The molecular weight excluding hydrogens is 286 g/mol. The molecule has 0 spiro atoms. The summed E-state index contributed by atoms with van der Waals surface area (Å²) in [7, 11) is 0. The number of fused-ring (bicyclic) bond motifs is 1. The number of benzene rings is 1. The highest BCUT2D eigenvalue weighted by molar-refractivity contribution is 5.78. The van der Waals surface area contributed by atoms with Crippen molar-refractivity contribution in [1.29, 1.82) is 0 Å². The second kappa shape index (κ2) is 6.97. The molecule has 0 atom stereocenters.